The van der Waals surface area contributed by atoms with Gasteiger partial charge in [0.15, 0.2) is 0 Å². The summed E-state index contributed by atoms with van der Waals surface area (Å²) in [6.07, 6.45) is 3.56. The predicted octanol–water partition coefficient (Wildman–Crippen LogP) is 3.48. The van der Waals surface area contributed by atoms with Gasteiger partial charge in [-0.1, -0.05) is 48.5 Å². The fourth-order valence-electron chi connectivity index (χ4n) is 2.97. The van der Waals surface area contributed by atoms with E-state index in [2.05, 4.69) is 46.6 Å². The molecule has 0 aliphatic carbocycles. The quantitative estimate of drug-likeness (QED) is 0.912. The van der Waals surface area contributed by atoms with Crippen molar-refractivity contribution in [3.63, 3.8) is 0 Å². The smallest absolute Gasteiger partial charge is 0.238 e. The number of nitrogens with one attached hydrogen (secondary N) is 1. The molecule has 0 fully saturated rings. The SMILES string of the molecule is N#CCc1ccc(NC(=O)CN2CC=C(c3ccccc3)CC2)cc1. The number of hydrogen-bond acceptors (Lipinski definition) is 3. The van der Waals surface area contributed by atoms with E-state index in [-0.39, 0.29) is 5.91 Å². The maximum Gasteiger partial charge on any atom is 0.238 e. The summed E-state index contributed by atoms with van der Waals surface area (Å²) >= 11 is 0. The van der Waals surface area contributed by atoms with Crippen LogP contribution < -0.4 is 5.32 Å². The van der Waals surface area contributed by atoms with Gasteiger partial charge >= 0.3 is 0 Å². The third kappa shape index (κ3) is 4.79. The minimum absolute atomic E-state index is 0.00963. The molecule has 4 nitrogen and oxygen atoms in total. The molecule has 3 rings (SSSR count). The van der Waals surface area contributed by atoms with Crippen LogP contribution in [-0.2, 0) is 11.2 Å². The maximum atomic E-state index is 12.2. The second-order valence-corrected chi connectivity index (χ2v) is 6.16. The molecular formula is C21H21N3O. The van der Waals surface area contributed by atoms with Crippen molar-refractivity contribution in [2.24, 2.45) is 0 Å². The van der Waals surface area contributed by atoms with Gasteiger partial charge in [-0.15, -0.1) is 0 Å². The van der Waals surface area contributed by atoms with Crippen molar-refractivity contribution >= 4 is 17.2 Å². The first-order valence-corrected chi connectivity index (χ1v) is 8.47. The molecule has 2 aromatic carbocycles. The van der Waals surface area contributed by atoms with E-state index >= 15 is 0 Å². The van der Waals surface area contributed by atoms with Crippen LogP contribution in [-0.4, -0.2) is 30.4 Å². The van der Waals surface area contributed by atoms with Crippen LogP contribution in [0.5, 0.6) is 0 Å². The zero-order valence-corrected chi connectivity index (χ0v) is 14.1. The molecule has 1 amide bonds. The molecule has 1 aliphatic heterocycles. The first-order valence-electron chi connectivity index (χ1n) is 8.47. The highest BCUT2D eigenvalue weighted by molar-refractivity contribution is 5.92. The molecule has 0 saturated heterocycles. The minimum atomic E-state index is -0.00963. The summed E-state index contributed by atoms with van der Waals surface area (Å²) in [6, 6.07) is 19.9. The van der Waals surface area contributed by atoms with E-state index in [0.29, 0.717) is 13.0 Å². The number of anilines is 1. The normalized spacial score (nSPS) is 14.4. The third-order valence-electron chi connectivity index (χ3n) is 4.33. The van der Waals surface area contributed by atoms with Crippen LogP contribution in [0.4, 0.5) is 5.69 Å². The van der Waals surface area contributed by atoms with Gasteiger partial charge in [0.05, 0.1) is 19.0 Å². The molecule has 25 heavy (non-hydrogen) atoms. The van der Waals surface area contributed by atoms with Gasteiger partial charge in [-0.25, -0.2) is 0 Å². The second-order valence-electron chi connectivity index (χ2n) is 6.16. The first kappa shape index (κ1) is 16.9. The monoisotopic (exact) mass is 331 g/mol. The number of benzene rings is 2. The summed E-state index contributed by atoms with van der Waals surface area (Å²) in [5.74, 6) is -0.00963. The molecule has 0 atom stereocenters. The van der Waals surface area contributed by atoms with E-state index in [1.165, 1.54) is 11.1 Å². The van der Waals surface area contributed by atoms with Gasteiger partial charge in [0, 0.05) is 18.8 Å². The topological polar surface area (TPSA) is 56.1 Å². The number of nitriles is 1. The minimum Gasteiger partial charge on any atom is -0.325 e. The molecule has 0 aromatic heterocycles. The van der Waals surface area contributed by atoms with Gasteiger partial charge in [0.25, 0.3) is 0 Å². The summed E-state index contributed by atoms with van der Waals surface area (Å²) in [6.45, 7) is 2.06. The summed E-state index contributed by atoms with van der Waals surface area (Å²) in [4.78, 5) is 14.4. The molecule has 0 saturated carbocycles. The van der Waals surface area contributed by atoms with Crippen molar-refractivity contribution < 1.29 is 4.79 Å². The largest absolute Gasteiger partial charge is 0.325 e. The zero-order valence-electron chi connectivity index (χ0n) is 14.1. The number of nitrogens with zero attached hydrogens (tertiary/aromatic N) is 2. The Kier molecular flexibility index (Phi) is 5.61. The summed E-state index contributed by atoms with van der Waals surface area (Å²) in [5, 5.41) is 11.6. The highest BCUT2D eigenvalue weighted by Crippen LogP contribution is 2.21. The molecule has 126 valence electrons. The van der Waals surface area contributed by atoms with Crippen molar-refractivity contribution in [3.05, 3.63) is 71.8 Å². The maximum absolute atomic E-state index is 12.2. The number of hydrogen-bond donors (Lipinski definition) is 1. The molecule has 1 heterocycles. The Bertz CT molecular complexity index is 788. The van der Waals surface area contributed by atoms with E-state index in [9.17, 15) is 4.79 Å². The molecule has 4 heteroatoms. The van der Waals surface area contributed by atoms with Crippen LogP contribution in [0, 0.1) is 11.3 Å². The average Bonchev–Trinajstić information content (AvgIpc) is 2.65. The van der Waals surface area contributed by atoms with Crippen molar-refractivity contribution in [1.82, 2.24) is 4.90 Å². The number of carbonyl (C=O) groups excluding carboxylic acids is 1. The third-order valence-corrected chi connectivity index (χ3v) is 4.33. The van der Waals surface area contributed by atoms with Gasteiger partial charge in [0.1, 0.15) is 0 Å². The summed E-state index contributed by atoms with van der Waals surface area (Å²) in [7, 11) is 0. The zero-order chi connectivity index (χ0) is 17.5. The van der Waals surface area contributed by atoms with Crippen molar-refractivity contribution in [1.29, 1.82) is 5.26 Å². The van der Waals surface area contributed by atoms with E-state index in [1.54, 1.807) is 0 Å². The molecule has 0 radical (unpaired) electrons. The Labute approximate surface area is 148 Å². The van der Waals surface area contributed by atoms with E-state index < -0.39 is 0 Å². The molecule has 0 bridgehead atoms. The highest BCUT2D eigenvalue weighted by atomic mass is 16.2. The Morgan fingerprint density at radius 2 is 1.88 bits per heavy atom. The molecule has 1 aliphatic rings. The van der Waals surface area contributed by atoms with Crippen LogP contribution in [0.15, 0.2) is 60.7 Å². The van der Waals surface area contributed by atoms with Gasteiger partial charge in [-0.2, -0.15) is 5.26 Å². The van der Waals surface area contributed by atoms with Gasteiger partial charge in [0.2, 0.25) is 5.91 Å². The summed E-state index contributed by atoms with van der Waals surface area (Å²) < 4.78 is 0. The van der Waals surface area contributed by atoms with Crippen LogP contribution in [0.3, 0.4) is 0 Å². The van der Waals surface area contributed by atoms with Crippen LogP contribution >= 0.6 is 0 Å². The van der Waals surface area contributed by atoms with Crippen molar-refractivity contribution in [2.45, 2.75) is 12.8 Å². The fourth-order valence-corrected chi connectivity index (χ4v) is 2.97. The van der Waals surface area contributed by atoms with E-state index in [0.717, 1.165) is 30.8 Å². The average molecular weight is 331 g/mol. The molecule has 1 N–H and O–H groups in total. The van der Waals surface area contributed by atoms with Crippen LogP contribution in [0.25, 0.3) is 5.57 Å². The standard InChI is InChI=1S/C21H21N3O/c22-13-10-17-6-8-20(9-7-17)23-21(25)16-24-14-11-19(12-15-24)18-4-2-1-3-5-18/h1-9,11H,10,12,14-16H2,(H,23,25). The summed E-state index contributed by atoms with van der Waals surface area (Å²) in [5.41, 5.74) is 4.34. The lowest BCUT2D eigenvalue weighted by molar-refractivity contribution is -0.117. The van der Waals surface area contributed by atoms with Gasteiger partial charge in [-0.3, -0.25) is 9.69 Å². The van der Waals surface area contributed by atoms with Crippen molar-refractivity contribution in [3.8, 4) is 6.07 Å². The molecular weight excluding hydrogens is 310 g/mol. The van der Waals surface area contributed by atoms with Gasteiger partial charge < -0.3 is 5.32 Å². The Morgan fingerprint density at radius 1 is 1.12 bits per heavy atom. The van der Waals surface area contributed by atoms with E-state index in [4.69, 9.17) is 5.26 Å². The number of rotatable bonds is 5. The Hall–Kier alpha value is -2.90. The first-order chi connectivity index (χ1) is 12.2. The van der Waals surface area contributed by atoms with Crippen molar-refractivity contribution in [2.75, 3.05) is 25.0 Å². The Morgan fingerprint density at radius 3 is 2.52 bits per heavy atom. The lowest BCUT2D eigenvalue weighted by Gasteiger charge is -2.25. The lowest BCUT2D eigenvalue weighted by Crippen LogP contribution is -2.36. The second kappa shape index (κ2) is 8.27. The number of amides is 1. The lowest BCUT2D eigenvalue weighted by atomic mass is 10.00. The van der Waals surface area contributed by atoms with E-state index in [1.807, 2.05) is 30.3 Å². The molecule has 0 spiro atoms. The highest BCUT2D eigenvalue weighted by Gasteiger charge is 2.15. The predicted molar refractivity (Wildman–Crippen MR) is 99.9 cm³/mol. The van der Waals surface area contributed by atoms with Crippen LogP contribution in [0.1, 0.15) is 17.5 Å². The van der Waals surface area contributed by atoms with Crippen LogP contribution in [0.2, 0.25) is 0 Å². The Balaban J connectivity index is 1.51. The van der Waals surface area contributed by atoms with Gasteiger partial charge in [-0.05, 0) is 35.3 Å². The fraction of sp³-hybridized carbons (Fsp3) is 0.238. The molecule has 2 aromatic rings. The molecule has 0 unspecified atom stereocenters. The number of carbonyl (C=O) groups is 1.